The van der Waals surface area contributed by atoms with E-state index in [1.54, 1.807) is 12.1 Å². The molecule has 5 nitrogen and oxygen atoms in total. The molecule has 0 spiro atoms. The van der Waals surface area contributed by atoms with Gasteiger partial charge in [0.2, 0.25) is 0 Å². The number of rotatable bonds is 0. The van der Waals surface area contributed by atoms with E-state index in [2.05, 4.69) is 0 Å². The smallest absolute Gasteiger partial charge is 0.256 e. The van der Waals surface area contributed by atoms with Crippen LogP contribution in [0.4, 0.5) is 0 Å². The summed E-state index contributed by atoms with van der Waals surface area (Å²) < 4.78 is 0. The van der Waals surface area contributed by atoms with Gasteiger partial charge in [0, 0.05) is 4.90 Å². The highest BCUT2D eigenvalue weighted by molar-refractivity contribution is 8.00. The molecule has 1 aromatic rings. The number of benzene rings is 1. The second kappa shape index (κ2) is 4.24. The van der Waals surface area contributed by atoms with Crippen molar-refractivity contribution in [1.29, 1.82) is 0 Å². The predicted molar refractivity (Wildman–Crippen MR) is 65.1 cm³/mol. The van der Waals surface area contributed by atoms with E-state index in [9.17, 15) is 20.1 Å². The van der Waals surface area contributed by atoms with Gasteiger partial charge in [-0.1, -0.05) is 23.9 Å². The molecule has 3 rings (SSSR count). The summed E-state index contributed by atoms with van der Waals surface area (Å²) in [6, 6.07) is 7.16. The van der Waals surface area contributed by atoms with Crippen LogP contribution in [-0.4, -0.2) is 56.4 Å². The lowest BCUT2D eigenvalue weighted by Gasteiger charge is -2.45. The van der Waals surface area contributed by atoms with Crippen molar-refractivity contribution in [2.75, 3.05) is 6.54 Å². The molecular weight excluding hydrogens is 254 g/mol. The minimum atomic E-state index is -1.21. The van der Waals surface area contributed by atoms with Crippen molar-refractivity contribution in [3.05, 3.63) is 29.8 Å². The molecule has 0 bridgehead atoms. The van der Waals surface area contributed by atoms with E-state index >= 15 is 0 Å². The normalized spacial score (nSPS) is 35.1. The molecule has 1 fully saturated rings. The fraction of sp³-hybridized carbons (Fsp3) is 0.417. The van der Waals surface area contributed by atoms with E-state index in [-0.39, 0.29) is 12.5 Å². The van der Waals surface area contributed by atoms with Crippen LogP contribution in [0.15, 0.2) is 29.2 Å². The van der Waals surface area contributed by atoms with Crippen molar-refractivity contribution in [3.63, 3.8) is 0 Å². The molecule has 1 amide bonds. The molecule has 18 heavy (non-hydrogen) atoms. The Morgan fingerprint density at radius 3 is 2.67 bits per heavy atom. The van der Waals surface area contributed by atoms with Crippen molar-refractivity contribution >= 4 is 17.7 Å². The summed E-state index contributed by atoms with van der Waals surface area (Å²) >= 11 is 1.34. The van der Waals surface area contributed by atoms with Gasteiger partial charge in [0.1, 0.15) is 23.7 Å². The van der Waals surface area contributed by atoms with Crippen LogP contribution in [0, 0.1) is 0 Å². The van der Waals surface area contributed by atoms with Crippen LogP contribution in [0.25, 0.3) is 0 Å². The standard InChI is InChI=1S/C12H13NO4S/c14-7-5-13-11(17)6-3-1-2-4-8(6)18-12(13)10(16)9(7)15/h1-4,7,9-10,12,14-16H,5H2/t7-,9-,10-,12+/m1/s1. The summed E-state index contributed by atoms with van der Waals surface area (Å²) in [6.45, 7) is 0.0447. The number of fused-ring (bicyclic) bond motifs is 2. The molecule has 2 heterocycles. The summed E-state index contributed by atoms with van der Waals surface area (Å²) in [5, 5.41) is 28.7. The first-order valence-electron chi connectivity index (χ1n) is 5.70. The van der Waals surface area contributed by atoms with E-state index in [0.29, 0.717) is 5.56 Å². The van der Waals surface area contributed by atoms with E-state index < -0.39 is 23.7 Å². The number of thioether (sulfide) groups is 1. The van der Waals surface area contributed by atoms with Crippen molar-refractivity contribution in [1.82, 2.24) is 4.90 Å². The maximum Gasteiger partial charge on any atom is 0.256 e. The van der Waals surface area contributed by atoms with Crippen LogP contribution >= 0.6 is 11.8 Å². The number of hydrogen-bond acceptors (Lipinski definition) is 5. The molecule has 2 aliphatic heterocycles. The first-order valence-corrected chi connectivity index (χ1v) is 6.58. The molecule has 6 heteroatoms. The number of aliphatic hydroxyl groups excluding tert-OH is 3. The van der Waals surface area contributed by atoms with E-state index in [1.807, 2.05) is 12.1 Å². The molecule has 96 valence electrons. The predicted octanol–water partition coefficient (Wildman–Crippen LogP) is -0.343. The summed E-state index contributed by atoms with van der Waals surface area (Å²) in [5.74, 6) is -0.209. The van der Waals surface area contributed by atoms with E-state index in [4.69, 9.17) is 0 Å². The summed E-state index contributed by atoms with van der Waals surface area (Å²) in [4.78, 5) is 14.5. The molecule has 1 saturated heterocycles. The van der Waals surface area contributed by atoms with Crippen LogP contribution in [0.3, 0.4) is 0 Å². The maximum absolute atomic E-state index is 12.3. The zero-order valence-corrected chi connectivity index (χ0v) is 10.2. The number of aliphatic hydroxyl groups is 3. The SMILES string of the molecule is O=C1c2ccccc2S[C@H]2[C@H](O)[C@H](O)[C@H](O)CN12. The van der Waals surface area contributed by atoms with Gasteiger partial charge in [-0.3, -0.25) is 4.79 Å². The third-order valence-corrected chi connectivity index (χ3v) is 4.74. The zero-order chi connectivity index (χ0) is 12.9. The highest BCUT2D eigenvalue weighted by atomic mass is 32.2. The highest BCUT2D eigenvalue weighted by Gasteiger charge is 2.46. The van der Waals surface area contributed by atoms with Gasteiger partial charge in [-0.15, -0.1) is 0 Å². The Morgan fingerprint density at radius 1 is 1.17 bits per heavy atom. The highest BCUT2D eigenvalue weighted by Crippen LogP contribution is 2.39. The minimum absolute atomic E-state index is 0.0447. The third-order valence-electron chi connectivity index (χ3n) is 3.35. The Hall–Kier alpha value is -1.08. The Balaban J connectivity index is 2.01. The van der Waals surface area contributed by atoms with Crippen LogP contribution in [0.5, 0.6) is 0 Å². The largest absolute Gasteiger partial charge is 0.388 e. The molecule has 0 radical (unpaired) electrons. The van der Waals surface area contributed by atoms with Gasteiger partial charge in [-0.05, 0) is 12.1 Å². The first kappa shape index (κ1) is 12.0. The van der Waals surface area contributed by atoms with Crippen LogP contribution in [-0.2, 0) is 0 Å². The first-order chi connectivity index (χ1) is 8.59. The second-order valence-electron chi connectivity index (χ2n) is 4.51. The summed E-state index contributed by atoms with van der Waals surface area (Å²) in [7, 11) is 0. The molecular formula is C12H13NO4S. The molecule has 0 aromatic heterocycles. The van der Waals surface area contributed by atoms with Gasteiger partial charge in [0.05, 0.1) is 12.1 Å². The number of carbonyl (C=O) groups excluding carboxylic acids is 1. The molecule has 0 saturated carbocycles. The number of hydrogen-bond donors (Lipinski definition) is 3. The van der Waals surface area contributed by atoms with Crippen molar-refractivity contribution in [2.24, 2.45) is 0 Å². The molecule has 3 N–H and O–H groups in total. The maximum atomic E-state index is 12.3. The van der Waals surface area contributed by atoms with Crippen molar-refractivity contribution in [2.45, 2.75) is 28.6 Å². The lowest BCUT2D eigenvalue weighted by Crippen LogP contribution is -2.62. The lowest BCUT2D eigenvalue weighted by atomic mass is 10.0. The van der Waals surface area contributed by atoms with Crippen molar-refractivity contribution < 1.29 is 20.1 Å². The Bertz CT molecular complexity index is 495. The number of nitrogens with zero attached hydrogens (tertiary/aromatic N) is 1. The van der Waals surface area contributed by atoms with Gasteiger partial charge in [0.15, 0.2) is 0 Å². The fourth-order valence-corrected chi connectivity index (χ4v) is 3.67. The topological polar surface area (TPSA) is 81.0 Å². The average molecular weight is 267 g/mol. The van der Waals surface area contributed by atoms with Crippen LogP contribution in [0.2, 0.25) is 0 Å². The van der Waals surface area contributed by atoms with E-state index in [1.165, 1.54) is 16.7 Å². The van der Waals surface area contributed by atoms with Gasteiger partial charge < -0.3 is 20.2 Å². The third kappa shape index (κ3) is 1.65. The zero-order valence-electron chi connectivity index (χ0n) is 9.43. The Kier molecular flexibility index (Phi) is 2.82. The second-order valence-corrected chi connectivity index (χ2v) is 5.67. The van der Waals surface area contributed by atoms with Crippen LogP contribution in [0.1, 0.15) is 10.4 Å². The van der Waals surface area contributed by atoms with Gasteiger partial charge in [-0.2, -0.15) is 0 Å². The number of piperidine rings is 1. The molecule has 1 aromatic carbocycles. The summed E-state index contributed by atoms with van der Waals surface area (Å²) in [5.41, 5.74) is 0.578. The van der Waals surface area contributed by atoms with E-state index in [0.717, 1.165) is 4.90 Å². The Morgan fingerprint density at radius 2 is 1.89 bits per heavy atom. The van der Waals surface area contributed by atoms with Crippen LogP contribution < -0.4 is 0 Å². The van der Waals surface area contributed by atoms with Gasteiger partial charge in [0.25, 0.3) is 5.91 Å². The monoisotopic (exact) mass is 267 g/mol. The molecule has 4 atom stereocenters. The van der Waals surface area contributed by atoms with Crippen molar-refractivity contribution in [3.8, 4) is 0 Å². The average Bonchev–Trinajstić information content (AvgIpc) is 2.38. The molecule has 0 unspecified atom stereocenters. The molecule has 2 aliphatic rings. The number of amides is 1. The Labute approximate surface area is 108 Å². The summed E-state index contributed by atoms with van der Waals surface area (Å²) in [6.07, 6.45) is -3.46. The van der Waals surface area contributed by atoms with Gasteiger partial charge >= 0.3 is 0 Å². The number of carbonyl (C=O) groups is 1. The lowest BCUT2D eigenvalue weighted by molar-refractivity contribution is -0.109. The quantitative estimate of drug-likeness (QED) is 0.599. The molecule has 0 aliphatic carbocycles. The minimum Gasteiger partial charge on any atom is -0.388 e. The van der Waals surface area contributed by atoms with Gasteiger partial charge in [-0.25, -0.2) is 0 Å². The fourth-order valence-electron chi connectivity index (χ4n) is 2.36.